The minimum absolute atomic E-state index is 0.104. The number of halogens is 1. The molecule has 0 bridgehead atoms. The molecule has 0 saturated heterocycles. The number of carbonyl (C=O) groups is 1. The first kappa shape index (κ1) is 17.0. The van der Waals surface area contributed by atoms with Crippen LogP contribution in [0.1, 0.15) is 25.2 Å². The number of hydrogen-bond acceptors (Lipinski definition) is 5. The van der Waals surface area contributed by atoms with E-state index in [0.717, 1.165) is 11.4 Å². The SMILES string of the molecule is CC1=NN(c2ccc(C#N)c(Cl)c2)C(C)C1C(=O)NCc1ncc[nH]1. The zero-order valence-electron chi connectivity index (χ0n) is 13.8. The zero-order valence-corrected chi connectivity index (χ0v) is 14.6. The van der Waals surface area contributed by atoms with Gasteiger partial charge in [-0.1, -0.05) is 11.6 Å². The van der Waals surface area contributed by atoms with Crippen molar-refractivity contribution >= 4 is 28.9 Å². The summed E-state index contributed by atoms with van der Waals surface area (Å²) in [6.45, 7) is 4.10. The fraction of sp³-hybridized carbons (Fsp3) is 0.294. The third-order valence-corrected chi connectivity index (χ3v) is 4.50. The van der Waals surface area contributed by atoms with Gasteiger partial charge in [0.25, 0.3) is 0 Å². The number of nitrogens with zero attached hydrogens (tertiary/aromatic N) is 4. The second-order valence-corrected chi connectivity index (χ2v) is 6.24. The van der Waals surface area contributed by atoms with Crippen LogP contribution < -0.4 is 10.3 Å². The highest BCUT2D eigenvalue weighted by Crippen LogP contribution is 2.31. The van der Waals surface area contributed by atoms with Crippen molar-refractivity contribution in [1.82, 2.24) is 15.3 Å². The molecule has 0 spiro atoms. The molecule has 8 heteroatoms. The van der Waals surface area contributed by atoms with Crippen LogP contribution in [0.3, 0.4) is 0 Å². The molecule has 2 atom stereocenters. The lowest BCUT2D eigenvalue weighted by molar-refractivity contribution is -0.123. The molecule has 25 heavy (non-hydrogen) atoms. The number of H-pyrrole nitrogens is 1. The van der Waals surface area contributed by atoms with Crippen molar-refractivity contribution in [1.29, 1.82) is 5.26 Å². The normalized spacial score (nSPS) is 19.4. The second-order valence-electron chi connectivity index (χ2n) is 5.83. The Labute approximate surface area is 150 Å². The van der Waals surface area contributed by atoms with E-state index in [1.54, 1.807) is 35.6 Å². The molecule has 2 heterocycles. The topological polar surface area (TPSA) is 97.2 Å². The number of nitrogens with one attached hydrogen (secondary N) is 2. The van der Waals surface area contributed by atoms with Crippen LogP contribution in [0, 0.1) is 17.2 Å². The molecule has 128 valence electrons. The lowest BCUT2D eigenvalue weighted by Crippen LogP contribution is -2.41. The minimum atomic E-state index is -0.371. The first-order chi connectivity index (χ1) is 12.0. The van der Waals surface area contributed by atoms with Crippen molar-refractivity contribution in [3.8, 4) is 6.07 Å². The third kappa shape index (κ3) is 3.35. The van der Waals surface area contributed by atoms with Gasteiger partial charge in [-0.3, -0.25) is 9.80 Å². The highest BCUT2D eigenvalue weighted by molar-refractivity contribution is 6.32. The van der Waals surface area contributed by atoms with Crippen LogP contribution in [-0.4, -0.2) is 27.6 Å². The molecule has 1 aliphatic heterocycles. The molecule has 0 fully saturated rings. The maximum absolute atomic E-state index is 12.6. The largest absolute Gasteiger partial charge is 0.348 e. The number of hydrazone groups is 1. The molecular weight excluding hydrogens is 340 g/mol. The van der Waals surface area contributed by atoms with E-state index >= 15 is 0 Å². The maximum Gasteiger partial charge on any atom is 0.231 e. The van der Waals surface area contributed by atoms with Crippen molar-refractivity contribution in [2.75, 3.05) is 5.01 Å². The number of nitriles is 1. The van der Waals surface area contributed by atoms with Crippen LogP contribution in [0.5, 0.6) is 0 Å². The van der Waals surface area contributed by atoms with E-state index in [-0.39, 0.29) is 17.9 Å². The summed E-state index contributed by atoms with van der Waals surface area (Å²) >= 11 is 6.11. The Hall–Kier alpha value is -2.85. The zero-order chi connectivity index (χ0) is 18.0. The lowest BCUT2D eigenvalue weighted by atomic mass is 9.96. The molecule has 2 unspecified atom stereocenters. The monoisotopic (exact) mass is 356 g/mol. The Balaban J connectivity index is 1.74. The molecule has 0 saturated carbocycles. The number of aromatic nitrogens is 2. The van der Waals surface area contributed by atoms with Crippen molar-refractivity contribution in [2.24, 2.45) is 11.0 Å². The van der Waals surface area contributed by atoms with Gasteiger partial charge in [-0.2, -0.15) is 10.4 Å². The van der Waals surface area contributed by atoms with Crippen molar-refractivity contribution in [3.63, 3.8) is 0 Å². The van der Waals surface area contributed by atoms with Gasteiger partial charge in [-0.05, 0) is 32.0 Å². The number of anilines is 1. The van der Waals surface area contributed by atoms with E-state index in [1.165, 1.54) is 0 Å². The summed E-state index contributed by atoms with van der Waals surface area (Å²) < 4.78 is 0. The first-order valence-corrected chi connectivity index (χ1v) is 8.19. The average molecular weight is 357 g/mol. The van der Waals surface area contributed by atoms with Gasteiger partial charge >= 0.3 is 0 Å². The second kappa shape index (κ2) is 6.95. The van der Waals surface area contributed by atoms with E-state index < -0.39 is 0 Å². The summed E-state index contributed by atoms with van der Waals surface area (Å²) in [5.74, 6) is 0.223. The van der Waals surface area contributed by atoms with Crippen LogP contribution in [0.25, 0.3) is 0 Å². The molecule has 1 amide bonds. The summed E-state index contributed by atoms with van der Waals surface area (Å²) in [6.07, 6.45) is 3.35. The highest BCUT2D eigenvalue weighted by atomic mass is 35.5. The van der Waals surface area contributed by atoms with Crippen LogP contribution in [0.15, 0.2) is 35.7 Å². The third-order valence-electron chi connectivity index (χ3n) is 4.19. The minimum Gasteiger partial charge on any atom is -0.348 e. The van der Waals surface area contributed by atoms with Crippen LogP contribution in [0.4, 0.5) is 5.69 Å². The number of amides is 1. The Morgan fingerprint density at radius 1 is 1.52 bits per heavy atom. The smallest absolute Gasteiger partial charge is 0.231 e. The lowest BCUT2D eigenvalue weighted by Gasteiger charge is -2.24. The molecule has 0 radical (unpaired) electrons. The van der Waals surface area contributed by atoms with Gasteiger partial charge in [-0.15, -0.1) is 0 Å². The van der Waals surface area contributed by atoms with Gasteiger partial charge in [0, 0.05) is 18.1 Å². The Kier molecular flexibility index (Phi) is 4.72. The maximum atomic E-state index is 12.6. The molecule has 2 N–H and O–H groups in total. The molecule has 0 aliphatic carbocycles. The molecule has 3 rings (SSSR count). The van der Waals surface area contributed by atoms with Crippen LogP contribution in [-0.2, 0) is 11.3 Å². The van der Waals surface area contributed by atoms with Crippen molar-refractivity contribution < 1.29 is 4.79 Å². The molecule has 1 aliphatic rings. The predicted molar refractivity (Wildman–Crippen MR) is 95.1 cm³/mol. The standard InChI is InChI=1S/C17H17ClN6O/c1-10-16(17(25)22-9-15-20-5-6-21-15)11(2)24(23-10)13-4-3-12(8-19)14(18)7-13/h3-7,11,16H,9H2,1-2H3,(H,20,21)(H,22,25). The summed E-state index contributed by atoms with van der Waals surface area (Å²) in [6, 6.07) is 6.99. The van der Waals surface area contributed by atoms with Crippen molar-refractivity contribution in [3.05, 3.63) is 47.0 Å². The van der Waals surface area contributed by atoms with E-state index in [9.17, 15) is 4.79 Å². The van der Waals surface area contributed by atoms with E-state index in [2.05, 4.69) is 20.4 Å². The van der Waals surface area contributed by atoms with Crippen LogP contribution in [0.2, 0.25) is 5.02 Å². The quantitative estimate of drug-likeness (QED) is 0.879. The average Bonchev–Trinajstić information content (AvgIpc) is 3.20. The van der Waals surface area contributed by atoms with Gasteiger partial charge in [0.05, 0.1) is 34.8 Å². The number of carbonyl (C=O) groups excluding carboxylic acids is 1. The number of benzene rings is 1. The Morgan fingerprint density at radius 2 is 2.32 bits per heavy atom. The van der Waals surface area contributed by atoms with E-state index in [4.69, 9.17) is 16.9 Å². The summed E-state index contributed by atoms with van der Waals surface area (Å²) in [5, 5.41) is 18.5. The number of rotatable bonds is 4. The fourth-order valence-electron chi connectivity index (χ4n) is 2.93. The molecule has 1 aromatic heterocycles. The number of hydrogen-bond donors (Lipinski definition) is 2. The summed E-state index contributed by atoms with van der Waals surface area (Å²) in [4.78, 5) is 19.6. The molecular formula is C17H17ClN6O. The molecule has 2 aromatic rings. The summed E-state index contributed by atoms with van der Waals surface area (Å²) in [7, 11) is 0. The van der Waals surface area contributed by atoms with Crippen LogP contribution >= 0.6 is 11.6 Å². The van der Waals surface area contributed by atoms with Gasteiger partial charge < -0.3 is 10.3 Å². The Bertz CT molecular complexity index is 855. The van der Waals surface area contributed by atoms with E-state index in [0.29, 0.717) is 23.0 Å². The Morgan fingerprint density at radius 3 is 2.96 bits per heavy atom. The number of aromatic amines is 1. The van der Waals surface area contributed by atoms with Gasteiger partial charge in [0.1, 0.15) is 11.9 Å². The van der Waals surface area contributed by atoms with E-state index in [1.807, 2.05) is 19.9 Å². The molecule has 1 aromatic carbocycles. The predicted octanol–water partition coefficient (Wildman–Crippen LogP) is 2.45. The van der Waals surface area contributed by atoms with Gasteiger partial charge in [-0.25, -0.2) is 4.98 Å². The molecule has 7 nitrogen and oxygen atoms in total. The van der Waals surface area contributed by atoms with Gasteiger partial charge in [0.2, 0.25) is 5.91 Å². The summed E-state index contributed by atoms with van der Waals surface area (Å²) in [5.41, 5.74) is 1.88. The number of imidazole rings is 1. The first-order valence-electron chi connectivity index (χ1n) is 7.81. The van der Waals surface area contributed by atoms with Crippen molar-refractivity contribution in [2.45, 2.75) is 26.4 Å². The fourth-order valence-corrected chi connectivity index (χ4v) is 3.14. The van der Waals surface area contributed by atoms with Gasteiger partial charge in [0.15, 0.2) is 0 Å². The highest BCUT2D eigenvalue weighted by Gasteiger charge is 2.37.